The zero-order chi connectivity index (χ0) is 24.3. The van der Waals surface area contributed by atoms with Gasteiger partial charge in [0.2, 0.25) is 5.91 Å². The first-order valence-corrected chi connectivity index (χ1v) is 13.4. The fourth-order valence-electron chi connectivity index (χ4n) is 3.73. The number of carbonyl (C=O) groups is 1. The highest BCUT2D eigenvalue weighted by Gasteiger charge is 2.24. The van der Waals surface area contributed by atoms with E-state index in [0.717, 1.165) is 19.3 Å². The summed E-state index contributed by atoms with van der Waals surface area (Å²) in [4.78, 5) is 32.2. The molecule has 1 aliphatic rings. The number of para-hydroxylation sites is 1. The molecule has 1 aliphatic heterocycles. The number of fused-ring (bicyclic) bond motifs is 1. The number of non-ortho nitro benzene ring substituents is 1. The maximum absolute atomic E-state index is 13.4. The predicted octanol–water partition coefficient (Wildman–Crippen LogP) is 2.94. The Hall–Kier alpha value is -2.64. The van der Waals surface area contributed by atoms with Crippen LogP contribution in [-0.4, -0.2) is 74.8 Å². The van der Waals surface area contributed by atoms with Crippen molar-refractivity contribution in [2.75, 3.05) is 50.5 Å². The van der Waals surface area contributed by atoms with Crippen LogP contribution in [0, 0.1) is 10.1 Å². The first kappa shape index (κ1) is 27.0. The number of halogens is 1. The first-order chi connectivity index (χ1) is 16.2. The highest BCUT2D eigenvalue weighted by Crippen LogP contribution is 2.33. The Morgan fingerprint density at radius 3 is 2.51 bits per heavy atom. The van der Waals surface area contributed by atoms with Gasteiger partial charge >= 0.3 is 0 Å². The standard InChI is InChI=1S/C22H24N4O6S2.ClH/c1-34(30,31)19-4-2-3-18-21(19)23-22(33-18)25(10-9-24-11-13-32-14-12-24)20(27)15-16-5-7-17(8-6-16)26(28)29;/h2-8H,9-15H2,1H3;1H. The van der Waals surface area contributed by atoms with Crippen molar-refractivity contribution >= 4 is 60.5 Å². The van der Waals surface area contributed by atoms with E-state index in [-0.39, 0.29) is 35.3 Å². The summed E-state index contributed by atoms with van der Waals surface area (Å²) in [6.07, 6.45) is 1.17. The topological polar surface area (TPSA) is 123 Å². The number of hydrogen-bond donors (Lipinski definition) is 0. The van der Waals surface area contributed by atoms with Gasteiger partial charge in [-0.05, 0) is 17.7 Å². The number of aromatic nitrogens is 1. The van der Waals surface area contributed by atoms with Crippen molar-refractivity contribution in [1.82, 2.24) is 9.88 Å². The van der Waals surface area contributed by atoms with Crippen LogP contribution in [0.4, 0.5) is 10.8 Å². The van der Waals surface area contributed by atoms with Crippen LogP contribution < -0.4 is 4.90 Å². The van der Waals surface area contributed by atoms with E-state index in [2.05, 4.69) is 9.88 Å². The van der Waals surface area contributed by atoms with Crippen molar-refractivity contribution in [3.8, 4) is 0 Å². The van der Waals surface area contributed by atoms with Gasteiger partial charge in [-0.15, -0.1) is 12.4 Å². The van der Waals surface area contributed by atoms with Gasteiger partial charge in [-0.25, -0.2) is 13.4 Å². The van der Waals surface area contributed by atoms with Gasteiger partial charge in [0.15, 0.2) is 15.0 Å². The molecule has 0 spiro atoms. The van der Waals surface area contributed by atoms with Crippen LogP contribution in [0.1, 0.15) is 5.56 Å². The number of thiazole rings is 1. The third-order valence-electron chi connectivity index (χ3n) is 5.55. The van der Waals surface area contributed by atoms with Gasteiger partial charge < -0.3 is 4.74 Å². The molecule has 4 rings (SSSR count). The maximum atomic E-state index is 13.4. The average molecular weight is 541 g/mol. The molecule has 0 bridgehead atoms. The summed E-state index contributed by atoms with van der Waals surface area (Å²) in [7, 11) is -3.49. The Labute approximate surface area is 213 Å². The SMILES string of the molecule is CS(=O)(=O)c1cccc2sc(N(CCN3CCOCC3)C(=O)Cc3ccc([N+](=O)[O-])cc3)nc12.Cl. The minimum Gasteiger partial charge on any atom is -0.379 e. The van der Waals surface area contributed by atoms with Gasteiger partial charge in [-0.2, -0.15) is 0 Å². The quantitative estimate of drug-likeness (QED) is 0.315. The van der Waals surface area contributed by atoms with Gasteiger partial charge in [0.25, 0.3) is 5.69 Å². The number of amides is 1. The molecule has 2 aromatic carbocycles. The lowest BCUT2D eigenvalue weighted by molar-refractivity contribution is -0.384. The van der Waals surface area contributed by atoms with Gasteiger partial charge in [0.1, 0.15) is 5.52 Å². The van der Waals surface area contributed by atoms with E-state index < -0.39 is 14.8 Å². The highest BCUT2D eigenvalue weighted by molar-refractivity contribution is 7.91. The number of sulfone groups is 1. The van der Waals surface area contributed by atoms with Crippen molar-refractivity contribution in [2.45, 2.75) is 11.3 Å². The molecule has 0 atom stereocenters. The third kappa shape index (κ3) is 6.53. The van der Waals surface area contributed by atoms with E-state index in [1.165, 1.54) is 29.5 Å². The fraction of sp³-hybridized carbons (Fsp3) is 0.364. The molecule has 188 valence electrons. The molecule has 3 aromatic rings. The number of nitrogens with zero attached hydrogens (tertiary/aromatic N) is 4. The lowest BCUT2D eigenvalue weighted by Crippen LogP contribution is -2.43. The lowest BCUT2D eigenvalue weighted by atomic mass is 10.1. The Morgan fingerprint density at radius 1 is 1.20 bits per heavy atom. The molecule has 0 radical (unpaired) electrons. The van der Waals surface area contributed by atoms with Crippen molar-refractivity contribution in [1.29, 1.82) is 0 Å². The van der Waals surface area contributed by atoms with Crippen molar-refractivity contribution in [3.63, 3.8) is 0 Å². The lowest BCUT2D eigenvalue weighted by Gasteiger charge is -2.29. The zero-order valence-corrected chi connectivity index (χ0v) is 21.4. The van der Waals surface area contributed by atoms with E-state index in [1.807, 2.05) is 0 Å². The molecule has 2 heterocycles. The molecule has 0 aliphatic carbocycles. The van der Waals surface area contributed by atoms with Gasteiger partial charge in [0.05, 0.1) is 34.2 Å². The van der Waals surface area contributed by atoms with Gasteiger partial charge in [-0.1, -0.05) is 29.5 Å². The van der Waals surface area contributed by atoms with E-state index >= 15 is 0 Å². The minimum absolute atomic E-state index is 0. The predicted molar refractivity (Wildman–Crippen MR) is 136 cm³/mol. The minimum atomic E-state index is -3.49. The summed E-state index contributed by atoms with van der Waals surface area (Å²) in [6, 6.07) is 10.8. The Kier molecular flexibility index (Phi) is 8.78. The number of nitro benzene ring substituents is 1. The molecule has 13 heteroatoms. The Balaban J connectivity index is 0.00000342. The molecule has 1 fully saturated rings. The zero-order valence-electron chi connectivity index (χ0n) is 19.0. The van der Waals surface area contributed by atoms with Crippen LogP contribution in [0.2, 0.25) is 0 Å². The summed E-state index contributed by atoms with van der Waals surface area (Å²) < 4.78 is 30.5. The molecule has 35 heavy (non-hydrogen) atoms. The fourth-order valence-corrected chi connectivity index (χ4v) is 5.66. The molecule has 0 unspecified atom stereocenters. The molecular formula is C22H25ClN4O6S2. The molecular weight excluding hydrogens is 516 g/mol. The van der Waals surface area contributed by atoms with Crippen LogP contribution in [0.25, 0.3) is 10.2 Å². The van der Waals surface area contributed by atoms with Crippen molar-refractivity contribution < 1.29 is 22.9 Å². The van der Waals surface area contributed by atoms with Gasteiger partial charge in [-0.3, -0.25) is 24.7 Å². The summed E-state index contributed by atoms with van der Waals surface area (Å²) >= 11 is 1.26. The normalized spacial score (nSPS) is 14.4. The van der Waals surface area contributed by atoms with Crippen molar-refractivity contribution in [3.05, 3.63) is 58.1 Å². The number of nitro groups is 1. The molecule has 1 amide bonds. The smallest absolute Gasteiger partial charge is 0.269 e. The summed E-state index contributed by atoms with van der Waals surface area (Å²) in [5.41, 5.74) is 0.953. The van der Waals surface area contributed by atoms with E-state index in [4.69, 9.17) is 4.74 Å². The second-order valence-electron chi connectivity index (χ2n) is 7.97. The highest BCUT2D eigenvalue weighted by atomic mass is 35.5. The second-order valence-corrected chi connectivity index (χ2v) is 11.0. The van der Waals surface area contributed by atoms with Crippen LogP contribution in [-0.2, 0) is 25.8 Å². The molecule has 1 saturated heterocycles. The van der Waals surface area contributed by atoms with Crippen LogP contribution in [0.5, 0.6) is 0 Å². The maximum Gasteiger partial charge on any atom is 0.269 e. The number of carbonyl (C=O) groups excluding carboxylic acids is 1. The molecule has 1 aromatic heterocycles. The molecule has 10 nitrogen and oxygen atoms in total. The third-order valence-corrected chi connectivity index (χ3v) is 7.72. The monoisotopic (exact) mass is 540 g/mol. The second kappa shape index (κ2) is 11.4. The first-order valence-electron chi connectivity index (χ1n) is 10.7. The summed E-state index contributed by atoms with van der Waals surface area (Å²) in [5, 5.41) is 11.3. The Morgan fingerprint density at radius 2 is 1.89 bits per heavy atom. The van der Waals surface area contributed by atoms with Crippen LogP contribution in [0.15, 0.2) is 47.4 Å². The number of benzene rings is 2. The number of rotatable bonds is 8. The number of morpholine rings is 1. The number of anilines is 1. The van der Waals surface area contributed by atoms with Crippen LogP contribution in [0.3, 0.4) is 0 Å². The van der Waals surface area contributed by atoms with Gasteiger partial charge in [0, 0.05) is 44.6 Å². The molecule has 0 N–H and O–H groups in total. The number of ether oxygens (including phenoxy) is 1. The summed E-state index contributed by atoms with van der Waals surface area (Å²) in [6.45, 7) is 3.79. The molecule has 0 saturated carbocycles. The van der Waals surface area contributed by atoms with E-state index in [9.17, 15) is 23.3 Å². The van der Waals surface area contributed by atoms with Crippen LogP contribution >= 0.6 is 23.7 Å². The average Bonchev–Trinajstić information content (AvgIpc) is 3.23. The summed E-state index contributed by atoms with van der Waals surface area (Å²) in [5.74, 6) is -0.220. The van der Waals surface area contributed by atoms with E-state index in [1.54, 1.807) is 29.2 Å². The number of hydrogen-bond acceptors (Lipinski definition) is 9. The van der Waals surface area contributed by atoms with E-state index in [0.29, 0.717) is 47.2 Å². The van der Waals surface area contributed by atoms with Crippen molar-refractivity contribution in [2.24, 2.45) is 0 Å². The largest absolute Gasteiger partial charge is 0.379 e. The Bertz CT molecular complexity index is 1310.